The van der Waals surface area contributed by atoms with Gasteiger partial charge in [-0.25, -0.2) is 0 Å². The molecular weight excluding hydrogens is 721 g/mol. The van der Waals surface area contributed by atoms with Crippen LogP contribution in [0.1, 0.15) is 245 Å². The molecule has 0 aromatic rings. The molecule has 0 aliphatic rings. The van der Waals surface area contributed by atoms with E-state index in [9.17, 15) is 14.4 Å². The molecule has 0 fully saturated rings. The minimum Gasteiger partial charge on any atom is -0.462 e. The molecule has 58 heavy (non-hydrogen) atoms. The summed E-state index contributed by atoms with van der Waals surface area (Å²) in [4.78, 5) is 37.9. The van der Waals surface area contributed by atoms with Gasteiger partial charge in [-0.15, -0.1) is 0 Å². The third kappa shape index (κ3) is 44.5. The first kappa shape index (κ1) is 55.4. The Hall–Kier alpha value is -2.63. The highest BCUT2D eigenvalue weighted by atomic mass is 16.6. The van der Waals surface area contributed by atoms with Gasteiger partial charge in [0.05, 0.1) is 0 Å². The van der Waals surface area contributed by atoms with E-state index in [0.717, 1.165) is 96.3 Å². The van der Waals surface area contributed by atoms with Crippen LogP contribution >= 0.6 is 0 Å². The molecule has 336 valence electrons. The van der Waals surface area contributed by atoms with Gasteiger partial charge < -0.3 is 14.2 Å². The Kier molecular flexibility index (Phi) is 44.9. The quantitative estimate of drug-likeness (QED) is 0.0200. The molecule has 0 aliphatic carbocycles. The summed E-state index contributed by atoms with van der Waals surface area (Å²) in [5.41, 5.74) is 0. The normalized spacial score (nSPS) is 12.4. The molecule has 1 atom stereocenters. The smallest absolute Gasteiger partial charge is 0.306 e. The van der Waals surface area contributed by atoms with Crippen LogP contribution in [0.3, 0.4) is 0 Å². The number of unbranched alkanes of at least 4 members (excludes halogenated alkanes) is 27. The first-order chi connectivity index (χ1) is 28.5. The predicted molar refractivity (Wildman–Crippen MR) is 247 cm³/mol. The minimum absolute atomic E-state index is 0.0842. The van der Waals surface area contributed by atoms with Crippen LogP contribution in [0.4, 0.5) is 0 Å². The van der Waals surface area contributed by atoms with Crippen molar-refractivity contribution >= 4 is 17.9 Å². The van der Waals surface area contributed by atoms with Crippen LogP contribution in [0.15, 0.2) is 48.6 Å². The summed E-state index contributed by atoms with van der Waals surface area (Å²) in [6, 6.07) is 0. The third-order valence-electron chi connectivity index (χ3n) is 10.6. The molecule has 0 amide bonds. The number of rotatable bonds is 44. The fourth-order valence-electron chi connectivity index (χ4n) is 6.91. The van der Waals surface area contributed by atoms with Gasteiger partial charge in [0.1, 0.15) is 13.2 Å². The summed E-state index contributed by atoms with van der Waals surface area (Å²) < 4.78 is 16.7. The highest BCUT2D eigenvalue weighted by Crippen LogP contribution is 2.15. The molecule has 0 aliphatic heterocycles. The highest BCUT2D eigenvalue weighted by Gasteiger charge is 2.19. The molecule has 0 rings (SSSR count). The molecule has 6 heteroatoms. The van der Waals surface area contributed by atoms with Gasteiger partial charge >= 0.3 is 17.9 Å². The molecule has 0 heterocycles. The summed E-state index contributed by atoms with van der Waals surface area (Å²) in [5, 5.41) is 0. The average Bonchev–Trinajstić information content (AvgIpc) is 3.22. The summed E-state index contributed by atoms with van der Waals surface area (Å²) >= 11 is 0. The molecule has 1 unspecified atom stereocenters. The summed E-state index contributed by atoms with van der Waals surface area (Å²) in [6.07, 6.45) is 55.2. The predicted octanol–water partition coefficient (Wildman–Crippen LogP) is 15.9. The maximum atomic E-state index is 12.7. The zero-order valence-electron chi connectivity index (χ0n) is 38.3. The van der Waals surface area contributed by atoms with Crippen molar-refractivity contribution in [2.75, 3.05) is 13.2 Å². The SMILES string of the molecule is CC\C=C/C=C\C=C/CCCCCCCC(=O)OC(COC(=O)CCCCC/C=C\CCCCCCCC)COC(=O)CCCCCCCCCCCCCCCC. The second-order valence-corrected chi connectivity index (χ2v) is 16.4. The molecule has 0 saturated carbocycles. The van der Waals surface area contributed by atoms with Gasteiger partial charge in [0.2, 0.25) is 0 Å². The maximum absolute atomic E-state index is 12.7. The standard InChI is InChI=1S/C52H92O6/c1-4-7-10-13-16-19-22-25-28-30-33-36-39-42-45-51(54)57-48-49(58-52(55)46-43-40-37-34-31-27-24-21-18-15-12-9-6-3)47-56-50(53)44-41-38-35-32-29-26-23-20-17-14-11-8-5-2/h9,12,15,18,21,24,26,29,49H,4-8,10-11,13-14,16-17,19-20,22-23,25,27-28,30-48H2,1-3H3/b12-9-,18-15-,24-21-,29-26-. The molecule has 0 aromatic heterocycles. The van der Waals surface area contributed by atoms with Crippen molar-refractivity contribution in [3.8, 4) is 0 Å². The van der Waals surface area contributed by atoms with E-state index in [1.54, 1.807) is 0 Å². The van der Waals surface area contributed by atoms with Crippen LogP contribution in [0.25, 0.3) is 0 Å². The van der Waals surface area contributed by atoms with E-state index in [0.29, 0.717) is 19.3 Å². The molecular formula is C52H92O6. The van der Waals surface area contributed by atoms with Crippen LogP contribution in [-0.2, 0) is 28.6 Å². The van der Waals surface area contributed by atoms with Crippen LogP contribution in [0, 0.1) is 0 Å². The number of carbonyl (C=O) groups excluding carboxylic acids is 3. The second kappa shape index (κ2) is 47.1. The zero-order valence-corrected chi connectivity index (χ0v) is 38.3. The lowest BCUT2D eigenvalue weighted by molar-refractivity contribution is -0.167. The van der Waals surface area contributed by atoms with Crippen LogP contribution in [0.2, 0.25) is 0 Å². The fraction of sp³-hybridized carbons (Fsp3) is 0.788. The lowest BCUT2D eigenvalue weighted by Gasteiger charge is -2.18. The van der Waals surface area contributed by atoms with E-state index in [4.69, 9.17) is 14.2 Å². The average molecular weight is 813 g/mol. The number of ether oxygens (including phenoxy) is 3. The Morgan fingerprint density at radius 1 is 0.362 bits per heavy atom. The fourth-order valence-corrected chi connectivity index (χ4v) is 6.91. The van der Waals surface area contributed by atoms with Crippen LogP contribution in [0.5, 0.6) is 0 Å². The number of esters is 3. The van der Waals surface area contributed by atoms with E-state index in [-0.39, 0.29) is 31.1 Å². The van der Waals surface area contributed by atoms with Gasteiger partial charge in [0, 0.05) is 19.3 Å². The molecule has 0 spiro atoms. The van der Waals surface area contributed by atoms with Gasteiger partial charge in [-0.05, 0) is 64.2 Å². The molecule has 0 saturated heterocycles. The van der Waals surface area contributed by atoms with Gasteiger partial charge in [0.15, 0.2) is 6.10 Å². The van der Waals surface area contributed by atoms with Gasteiger partial charge in [-0.3, -0.25) is 14.4 Å². The van der Waals surface area contributed by atoms with Crippen LogP contribution < -0.4 is 0 Å². The summed E-state index contributed by atoms with van der Waals surface area (Å²) in [5.74, 6) is -0.917. The minimum atomic E-state index is -0.785. The Balaban J connectivity index is 4.41. The number of carbonyl (C=O) groups is 3. The number of hydrogen-bond donors (Lipinski definition) is 0. The summed E-state index contributed by atoms with van der Waals surface area (Å²) in [7, 11) is 0. The van der Waals surface area contributed by atoms with Gasteiger partial charge in [-0.1, -0.05) is 211 Å². The molecule has 6 nitrogen and oxygen atoms in total. The molecule has 0 N–H and O–H groups in total. The van der Waals surface area contributed by atoms with E-state index in [2.05, 4.69) is 69.4 Å². The van der Waals surface area contributed by atoms with E-state index in [1.165, 1.54) is 109 Å². The largest absolute Gasteiger partial charge is 0.462 e. The van der Waals surface area contributed by atoms with Crippen molar-refractivity contribution in [2.24, 2.45) is 0 Å². The second-order valence-electron chi connectivity index (χ2n) is 16.4. The Labute approximate surface area is 358 Å². The van der Waals surface area contributed by atoms with Gasteiger partial charge in [-0.2, -0.15) is 0 Å². The van der Waals surface area contributed by atoms with E-state index >= 15 is 0 Å². The Morgan fingerprint density at radius 2 is 0.690 bits per heavy atom. The maximum Gasteiger partial charge on any atom is 0.306 e. The van der Waals surface area contributed by atoms with Crippen molar-refractivity contribution in [3.05, 3.63) is 48.6 Å². The van der Waals surface area contributed by atoms with E-state index < -0.39 is 6.10 Å². The van der Waals surface area contributed by atoms with Crippen molar-refractivity contribution in [3.63, 3.8) is 0 Å². The lowest BCUT2D eigenvalue weighted by atomic mass is 10.0. The van der Waals surface area contributed by atoms with E-state index in [1.807, 2.05) is 0 Å². The molecule has 0 radical (unpaired) electrons. The Bertz CT molecular complexity index is 1030. The molecule has 0 aromatic carbocycles. The van der Waals surface area contributed by atoms with Crippen molar-refractivity contribution in [1.29, 1.82) is 0 Å². The highest BCUT2D eigenvalue weighted by molar-refractivity contribution is 5.71. The zero-order chi connectivity index (χ0) is 42.3. The third-order valence-corrected chi connectivity index (χ3v) is 10.6. The number of hydrogen-bond acceptors (Lipinski definition) is 6. The monoisotopic (exact) mass is 813 g/mol. The lowest BCUT2D eigenvalue weighted by Crippen LogP contribution is -2.30. The first-order valence-corrected chi connectivity index (χ1v) is 24.7. The van der Waals surface area contributed by atoms with Crippen molar-refractivity contribution in [1.82, 2.24) is 0 Å². The Morgan fingerprint density at radius 3 is 1.10 bits per heavy atom. The van der Waals surface area contributed by atoms with Gasteiger partial charge in [0.25, 0.3) is 0 Å². The summed E-state index contributed by atoms with van der Waals surface area (Å²) in [6.45, 7) is 6.47. The van der Waals surface area contributed by atoms with Crippen molar-refractivity contribution < 1.29 is 28.6 Å². The first-order valence-electron chi connectivity index (χ1n) is 24.7. The van der Waals surface area contributed by atoms with Crippen molar-refractivity contribution in [2.45, 2.75) is 252 Å². The van der Waals surface area contributed by atoms with Crippen LogP contribution in [-0.4, -0.2) is 37.2 Å². The topological polar surface area (TPSA) is 78.9 Å². The number of allylic oxidation sites excluding steroid dienone is 8. The molecule has 0 bridgehead atoms.